The van der Waals surface area contributed by atoms with Gasteiger partial charge in [0.1, 0.15) is 0 Å². The molecule has 0 aromatic carbocycles. The minimum absolute atomic E-state index is 0.200. The zero-order chi connectivity index (χ0) is 11.0. The number of hydrogen-bond acceptors (Lipinski definition) is 2. The fourth-order valence-corrected chi connectivity index (χ4v) is 0.883. The van der Waals surface area contributed by atoms with Gasteiger partial charge in [-0.25, -0.2) is 4.98 Å². The molecule has 1 rings (SSSR count). The zero-order valence-electron chi connectivity index (χ0n) is 8.87. The van der Waals surface area contributed by atoms with Crippen LogP contribution in [0.2, 0.25) is 0 Å². The van der Waals surface area contributed by atoms with Gasteiger partial charge >= 0.3 is 0 Å². The largest absolute Gasteiger partial charge is 0.319 e. The SMILES string of the molecule is C=Cc1ncc(=O)[nH]c1/C=C\C.CC. The lowest BCUT2D eigenvalue weighted by Gasteiger charge is -1.96. The van der Waals surface area contributed by atoms with E-state index in [1.807, 2.05) is 26.8 Å². The third kappa shape index (κ3) is 3.39. The maximum atomic E-state index is 10.8. The van der Waals surface area contributed by atoms with Gasteiger partial charge in [-0.3, -0.25) is 4.79 Å². The van der Waals surface area contributed by atoms with Crippen LogP contribution >= 0.6 is 0 Å². The minimum atomic E-state index is -0.200. The van der Waals surface area contributed by atoms with Crippen LogP contribution in [0.25, 0.3) is 12.2 Å². The fourth-order valence-electron chi connectivity index (χ4n) is 0.883. The van der Waals surface area contributed by atoms with E-state index < -0.39 is 0 Å². The summed E-state index contributed by atoms with van der Waals surface area (Å²) in [6.07, 6.45) is 6.46. The first-order chi connectivity index (χ1) is 6.77. The van der Waals surface area contributed by atoms with Crippen LogP contribution < -0.4 is 5.56 Å². The molecule has 14 heavy (non-hydrogen) atoms. The smallest absolute Gasteiger partial charge is 0.266 e. The Balaban J connectivity index is 0.000000791. The number of nitrogens with zero attached hydrogens (tertiary/aromatic N) is 1. The fraction of sp³-hybridized carbons (Fsp3) is 0.273. The molecule has 1 heterocycles. The molecule has 0 bridgehead atoms. The second-order valence-corrected chi connectivity index (χ2v) is 2.25. The lowest BCUT2D eigenvalue weighted by molar-refractivity contribution is 1.10. The molecule has 0 saturated heterocycles. The van der Waals surface area contributed by atoms with Crippen molar-refractivity contribution < 1.29 is 0 Å². The number of hydrogen-bond donors (Lipinski definition) is 1. The van der Waals surface area contributed by atoms with Crippen molar-refractivity contribution in [3.63, 3.8) is 0 Å². The van der Waals surface area contributed by atoms with Crippen molar-refractivity contribution in [1.29, 1.82) is 0 Å². The van der Waals surface area contributed by atoms with E-state index in [0.717, 1.165) is 0 Å². The Labute approximate surface area is 84.2 Å². The van der Waals surface area contributed by atoms with Crippen molar-refractivity contribution in [1.82, 2.24) is 9.97 Å². The van der Waals surface area contributed by atoms with E-state index in [-0.39, 0.29) is 5.56 Å². The Morgan fingerprint density at radius 3 is 2.64 bits per heavy atom. The molecule has 0 aliphatic carbocycles. The van der Waals surface area contributed by atoms with Gasteiger partial charge < -0.3 is 4.98 Å². The van der Waals surface area contributed by atoms with Gasteiger partial charge in [0, 0.05) is 0 Å². The van der Waals surface area contributed by atoms with Crippen molar-refractivity contribution in [2.45, 2.75) is 20.8 Å². The summed E-state index contributed by atoms with van der Waals surface area (Å²) in [5, 5.41) is 0. The Hall–Kier alpha value is -1.64. The lowest BCUT2D eigenvalue weighted by atomic mass is 10.3. The number of allylic oxidation sites excluding steroid dienone is 1. The summed E-state index contributed by atoms with van der Waals surface area (Å²) in [5.74, 6) is 0. The van der Waals surface area contributed by atoms with Crippen LogP contribution in [0.1, 0.15) is 32.2 Å². The van der Waals surface area contributed by atoms with Crippen molar-refractivity contribution in [2.24, 2.45) is 0 Å². The molecule has 0 radical (unpaired) electrons. The van der Waals surface area contributed by atoms with Gasteiger partial charge in [0.2, 0.25) is 0 Å². The lowest BCUT2D eigenvalue weighted by Crippen LogP contribution is -2.08. The summed E-state index contributed by atoms with van der Waals surface area (Å²) < 4.78 is 0. The van der Waals surface area contributed by atoms with Crippen LogP contribution in [-0.4, -0.2) is 9.97 Å². The molecule has 0 aliphatic rings. The van der Waals surface area contributed by atoms with Crippen molar-refractivity contribution in [3.8, 4) is 0 Å². The standard InChI is InChI=1S/C9H10N2O.C2H6/c1-3-5-8-7(4-2)10-6-9(12)11-8;1-2/h3-6H,2H2,1H3,(H,11,12);1-2H3/b5-3-;. The number of rotatable bonds is 2. The van der Waals surface area contributed by atoms with Crippen LogP contribution in [0.5, 0.6) is 0 Å². The highest BCUT2D eigenvalue weighted by molar-refractivity contribution is 5.57. The number of H-pyrrole nitrogens is 1. The second kappa shape index (κ2) is 6.83. The average molecular weight is 192 g/mol. The Bertz CT molecular complexity index is 364. The Morgan fingerprint density at radius 2 is 2.14 bits per heavy atom. The first-order valence-electron chi connectivity index (χ1n) is 4.62. The van der Waals surface area contributed by atoms with Gasteiger partial charge in [-0.15, -0.1) is 0 Å². The molecule has 1 aromatic rings. The second-order valence-electron chi connectivity index (χ2n) is 2.25. The summed E-state index contributed by atoms with van der Waals surface area (Å²) in [5.41, 5.74) is 1.18. The monoisotopic (exact) mass is 192 g/mol. The van der Waals surface area contributed by atoms with E-state index in [1.54, 1.807) is 12.2 Å². The molecule has 0 amide bonds. The first-order valence-corrected chi connectivity index (χ1v) is 4.62. The van der Waals surface area contributed by atoms with E-state index in [0.29, 0.717) is 11.4 Å². The van der Waals surface area contributed by atoms with Crippen molar-refractivity contribution >= 4 is 12.2 Å². The Kier molecular flexibility index (Phi) is 6.03. The predicted octanol–water partition coefficient (Wildman–Crippen LogP) is 2.47. The highest BCUT2D eigenvalue weighted by atomic mass is 16.1. The number of aromatic nitrogens is 2. The predicted molar refractivity (Wildman–Crippen MR) is 61.0 cm³/mol. The van der Waals surface area contributed by atoms with Crippen LogP contribution in [0, 0.1) is 0 Å². The topological polar surface area (TPSA) is 45.8 Å². The first kappa shape index (κ1) is 12.4. The van der Waals surface area contributed by atoms with Gasteiger partial charge in [-0.05, 0) is 19.1 Å². The van der Waals surface area contributed by atoms with E-state index in [4.69, 9.17) is 0 Å². The van der Waals surface area contributed by atoms with Crippen molar-refractivity contribution in [3.05, 3.63) is 40.6 Å². The zero-order valence-corrected chi connectivity index (χ0v) is 8.87. The summed E-state index contributed by atoms with van der Waals surface area (Å²) >= 11 is 0. The third-order valence-electron chi connectivity index (χ3n) is 1.38. The average Bonchev–Trinajstić information content (AvgIpc) is 2.22. The summed E-state index contributed by atoms with van der Waals surface area (Å²) in [6, 6.07) is 0. The molecule has 3 nitrogen and oxygen atoms in total. The van der Waals surface area contributed by atoms with Gasteiger partial charge in [0.15, 0.2) is 0 Å². The van der Waals surface area contributed by atoms with E-state index in [2.05, 4.69) is 16.5 Å². The van der Waals surface area contributed by atoms with Crippen LogP contribution in [0.15, 0.2) is 23.6 Å². The summed E-state index contributed by atoms with van der Waals surface area (Å²) in [7, 11) is 0. The number of aromatic amines is 1. The summed E-state index contributed by atoms with van der Waals surface area (Å²) in [6.45, 7) is 9.46. The van der Waals surface area contributed by atoms with E-state index in [9.17, 15) is 4.79 Å². The molecule has 0 saturated carbocycles. The van der Waals surface area contributed by atoms with Gasteiger partial charge in [-0.2, -0.15) is 0 Å². The summed E-state index contributed by atoms with van der Waals surface area (Å²) in [4.78, 5) is 17.4. The maximum absolute atomic E-state index is 10.8. The number of nitrogens with one attached hydrogen (secondary N) is 1. The molecule has 1 N–H and O–H groups in total. The van der Waals surface area contributed by atoms with Gasteiger partial charge in [0.25, 0.3) is 5.56 Å². The van der Waals surface area contributed by atoms with Gasteiger partial charge in [-0.1, -0.05) is 26.5 Å². The molecule has 0 fully saturated rings. The van der Waals surface area contributed by atoms with Crippen LogP contribution in [-0.2, 0) is 0 Å². The molecule has 76 valence electrons. The normalized spacial score (nSPS) is 9.36. The van der Waals surface area contributed by atoms with E-state index in [1.165, 1.54) is 6.20 Å². The van der Waals surface area contributed by atoms with E-state index >= 15 is 0 Å². The van der Waals surface area contributed by atoms with Crippen LogP contribution in [0.4, 0.5) is 0 Å². The third-order valence-corrected chi connectivity index (χ3v) is 1.38. The molecular formula is C11H16N2O. The molecule has 3 heteroatoms. The van der Waals surface area contributed by atoms with Crippen LogP contribution in [0.3, 0.4) is 0 Å². The maximum Gasteiger partial charge on any atom is 0.266 e. The highest BCUT2D eigenvalue weighted by Gasteiger charge is 1.95. The Morgan fingerprint density at radius 1 is 1.50 bits per heavy atom. The molecule has 1 aromatic heterocycles. The quantitative estimate of drug-likeness (QED) is 0.782. The van der Waals surface area contributed by atoms with Gasteiger partial charge in [0.05, 0.1) is 17.6 Å². The van der Waals surface area contributed by atoms with Crippen molar-refractivity contribution in [2.75, 3.05) is 0 Å². The molecule has 0 atom stereocenters. The highest BCUT2D eigenvalue weighted by Crippen LogP contribution is 2.02. The molecular weight excluding hydrogens is 176 g/mol. The molecule has 0 aliphatic heterocycles. The molecule has 0 spiro atoms. The minimum Gasteiger partial charge on any atom is -0.319 e. The molecule has 0 unspecified atom stereocenters.